The first kappa shape index (κ1) is 14.6. The molecule has 0 unspecified atom stereocenters. The number of nitrogens with one attached hydrogen (secondary N) is 1. The molecule has 2 rings (SSSR count). The van der Waals surface area contributed by atoms with Gasteiger partial charge in [-0.3, -0.25) is 9.78 Å². The Morgan fingerprint density at radius 1 is 1.24 bits per heavy atom. The number of amides is 1. The Morgan fingerprint density at radius 3 is 2.52 bits per heavy atom. The largest absolute Gasteiger partial charge is 0.493 e. The standard InChI is InChI=1S/C15H17N3O3/c1-9-8-17-5-4-12(9)18-15(19)10-6-13(20-2)14(21-3)7-11(10)16/h4-8H,16H2,1-3H3,(H,17,18,19). The predicted molar refractivity (Wildman–Crippen MR) is 80.9 cm³/mol. The molecular weight excluding hydrogens is 270 g/mol. The lowest BCUT2D eigenvalue weighted by Gasteiger charge is -2.13. The fourth-order valence-corrected chi connectivity index (χ4v) is 1.89. The van der Waals surface area contributed by atoms with Gasteiger partial charge in [-0.2, -0.15) is 0 Å². The number of nitrogens with two attached hydrogens (primary N) is 1. The van der Waals surface area contributed by atoms with Gasteiger partial charge in [-0.25, -0.2) is 0 Å². The number of carbonyl (C=O) groups is 1. The molecule has 0 aliphatic heterocycles. The van der Waals surface area contributed by atoms with E-state index in [2.05, 4.69) is 10.3 Å². The molecule has 0 spiro atoms. The zero-order chi connectivity index (χ0) is 15.4. The number of anilines is 2. The zero-order valence-electron chi connectivity index (χ0n) is 12.1. The van der Waals surface area contributed by atoms with Crippen LogP contribution in [0.2, 0.25) is 0 Å². The van der Waals surface area contributed by atoms with E-state index in [1.807, 2.05) is 6.92 Å². The molecule has 0 aliphatic carbocycles. The first-order chi connectivity index (χ1) is 10.1. The van der Waals surface area contributed by atoms with Gasteiger partial charge in [0.05, 0.1) is 19.8 Å². The highest BCUT2D eigenvalue weighted by Crippen LogP contribution is 2.32. The molecule has 1 amide bonds. The Labute approximate surface area is 122 Å². The second-order valence-electron chi connectivity index (χ2n) is 4.44. The molecule has 0 atom stereocenters. The van der Waals surface area contributed by atoms with Gasteiger partial charge in [-0.15, -0.1) is 0 Å². The molecule has 6 nitrogen and oxygen atoms in total. The van der Waals surface area contributed by atoms with Crippen LogP contribution >= 0.6 is 0 Å². The van der Waals surface area contributed by atoms with Crippen molar-refractivity contribution in [2.24, 2.45) is 0 Å². The average molecular weight is 287 g/mol. The summed E-state index contributed by atoms with van der Waals surface area (Å²) in [6, 6.07) is 4.84. The van der Waals surface area contributed by atoms with E-state index in [4.69, 9.17) is 15.2 Å². The van der Waals surface area contributed by atoms with Crippen molar-refractivity contribution in [2.45, 2.75) is 6.92 Å². The van der Waals surface area contributed by atoms with Crippen LogP contribution in [0.15, 0.2) is 30.6 Å². The molecular formula is C15H17N3O3. The molecule has 21 heavy (non-hydrogen) atoms. The fourth-order valence-electron chi connectivity index (χ4n) is 1.89. The maximum Gasteiger partial charge on any atom is 0.257 e. The van der Waals surface area contributed by atoms with Crippen LogP contribution < -0.4 is 20.5 Å². The summed E-state index contributed by atoms with van der Waals surface area (Å²) in [6.07, 6.45) is 3.29. The normalized spacial score (nSPS) is 10.0. The Bertz CT molecular complexity index is 671. The van der Waals surface area contributed by atoms with Gasteiger partial charge in [0.2, 0.25) is 0 Å². The fraction of sp³-hybridized carbons (Fsp3) is 0.200. The van der Waals surface area contributed by atoms with Crippen molar-refractivity contribution >= 4 is 17.3 Å². The van der Waals surface area contributed by atoms with E-state index in [1.165, 1.54) is 14.2 Å². The van der Waals surface area contributed by atoms with E-state index < -0.39 is 0 Å². The number of hydrogen-bond donors (Lipinski definition) is 2. The topological polar surface area (TPSA) is 86.5 Å². The second-order valence-corrected chi connectivity index (χ2v) is 4.44. The second kappa shape index (κ2) is 6.13. The summed E-state index contributed by atoms with van der Waals surface area (Å²) in [5, 5.41) is 2.80. The summed E-state index contributed by atoms with van der Waals surface area (Å²) in [5.74, 6) is 0.609. The van der Waals surface area contributed by atoms with Crippen LogP contribution in [0, 0.1) is 6.92 Å². The minimum Gasteiger partial charge on any atom is -0.493 e. The zero-order valence-corrected chi connectivity index (χ0v) is 12.1. The van der Waals surface area contributed by atoms with E-state index in [9.17, 15) is 4.79 Å². The lowest BCUT2D eigenvalue weighted by Crippen LogP contribution is -2.15. The minimum absolute atomic E-state index is 0.317. The number of pyridine rings is 1. The summed E-state index contributed by atoms with van der Waals surface area (Å²) < 4.78 is 10.3. The molecule has 0 saturated heterocycles. The first-order valence-corrected chi connectivity index (χ1v) is 6.30. The van der Waals surface area contributed by atoms with Crippen molar-refractivity contribution in [3.05, 3.63) is 41.7 Å². The Balaban J connectivity index is 2.33. The number of aryl methyl sites for hydroxylation is 1. The van der Waals surface area contributed by atoms with Crippen molar-refractivity contribution in [1.82, 2.24) is 4.98 Å². The summed E-state index contributed by atoms with van der Waals surface area (Å²) in [7, 11) is 3.01. The maximum absolute atomic E-state index is 12.3. The number of carbonyl (C=O) groups excluding carboxylic acids is 1. The van der Waals surface area contributed by atoms with Crippen LogP contribution in [0.5, 0.6) is 11.5 Å². The molecule has 2 aromatic rings. The minimum atomic E-state index is -0.317. The Hall–Kier alpha value is -2.76. The highest BCUT2D eigenvalue weighted by molar-refractivity contribution is 6.08. The number of benzene rings is 1. The van der Waals surface area contributed by atoms with Crippen molar-refractivity contribution in [2.75, 3.05) is 25.3 Å². The molecule has 1 aromatic heterocycles. The van der Waals surface area contributed by atoms with Crippen LogP contribution in [0.3, 0.4) is 0 Å². The Morgan fingerprint density at radius 2 is 1.90 bits per heavy atom. The van der Waals surface area contributed by atoms with Crippen LogP contribution in [-0.4, -0.2) is 25.1 Å². The maximum atomic E-state index is 12.3. The highest BCUT2D eigenvalue weighted by Gasteiger charge is 2.16. The molecule has 0 aliphatic rings. The number of nitrogens with zero attached hydrogens (tertiary/aromatic N) is 1. The van der Waals surface area contributed by atoms with E-state index in [0.29, 0.717) is 28.4 Å². The van der Waals surface area contributed by atoms with Gasteiger partial charge in [-0.05, 0) is 24.6 Å². The van der Waals surface area contributed by atoms with E-state index in [1.54, 1.807) is 30.6 Å². The summed E-state index contributed by atoms with van der Waals surface area (Å²) >= 11 is 0. The molecule has 0 radical (unpaired) electrons. The average Bonchev–Trinajstić information content (AvgIpc) is 2.49. The third-order valence-electron chi connectivity index (χ3n) is 3.07. The van der Waals surface area contributed by atoms with Gasteiger partial charge in [0.15, 0.2) is 11.5 Å². The highest BCUT2D eigenvalue weighted by atomic mass is 16.5. The van der Waals surface area contributed by atoms with E-state index in [-0.39, 0.29) is 5.91 Å². The number of nitrogen functional groups attached to an aromatic ring is 1. The van der Waals surface area contributed by atoms with Crippen molar-refractivity contribution < 1.29 is 14.3 Å². The molecule has 0 fully saturated rings. The van der Waals surface area contributed by atoms with Gasteiger partial charge in [0.25, 0.3) is 5.91 Å². The predicted octanol–water partition coefficient (Wildman–Crippen LogP) is 2.24. The van der Waals surface area contributed by atoms with Crippen LogP contribution in [0.1, 0.15) is 15.9 Å². The molecule has 110 valence electrons. The number of ether oxygens (including phenoxy) is 2. The van der Waals surface area contributed by atoms with Gasteiger partial charge < -0.3 is 20.5 Å². The van der Waals surface area contributed by atoms with Crippen LogP contribution in [0.4, 0.5) is 11.4 Å². The monoisotopic (exact) mass is 287 g/mol. The van der Waals surface area contributed by atoms with E-state index >= 15 is 0 Å². The van der Waals surface area contributed by atoms with Crippen molar-refractivity contribution in [3.8, 4) is 11.5 Å². The lowest BCUT2D eigenvalue weighted by atomic mass is 10.1. The van der Waals surface area contributed by atoms with Gasteiger partial charge in [-0.1, -0.05) is 0 Å². The third kappa shape index (κ3) is 3.05. The number of rotatable bonds is 4. The van der Waals surface area contributed by atoms with Gasteiger partial charge in [0, 0.05) is 29.8 Å². The van der Waals surface area contributed by atoms with Gasteiger partial charge >= 0.3 is 0 Å². The number of aromatic nitrogens is 1. The number of methoxy groups -OCH3 is 2. The quantitative estimate of drug-likeness (QED) is 0.842. The van der Waals surface area contributed by atoms with E-state index in [0.717, 1.165) is 5.56 Å². The molecule has 1 heterocycles. The molecule has 3 N–H and O–H groups in total. The van der Waals surface area contributed by atoms with Crippen LogP contribution in [-0.2, 0) is 0 Å². The molecule has 6 heteroatoms. The lowest BCUT2D eigenvalue weighted by molar-refractivity contribution is 0.102. The summed E-state index contributed by atoms with van der Waals surface area (Å²) in [4.78, 5) is 16.3. The third-order valence-corrected chi connectivity index (χ3v) is 3.07. The summed E-state index contributed by atoms with van der Waals surface area (Å²) in [6.45, 7) is 1.86. The SMILES string of the molecule is COc1cc(N)c(C(=O)Nc2ccncc2C)cc1OC. The molecule has 1 aromatic carbocycles. The van der Waals surface area contributed by atoms with Crippen LogP contribution in [0.25, 0.3) is 0 Å². The number of hydrogen-bond acceptors (Lipinski definition) is 5. The Kier molecular flexibility index (Phi) is 4.27. The molecule has 0 saturated carbocycles. The van der Waals surface area contributed by atoms with Crippen molar-refractivity contribution in [3.63, 3.8) is 0 Å². The smallest absolute Gasteiger partial charge is 0.257 e. The first-order valence-electron chi connectivity index (χ1n) is 6.30. The summed E-state index contributed by atoms with van der Waals surface area (Å²) in [5.41, 5.74) is 8.09. The van der Waals surface area contributed by atoms with Crippen molar-refractivity contribution in [1.29, 1.82) is 0 Å². The van der Waals surface area contributed by atoms with Gasteiger partial charge in [0.1, 0.15) is 0 Å². The molecule has 0 bridgehead atoms.